The number of ether oxygens (including phenoxy) is 1. The fourth-order valence-electron chi connectivity index (χ4n) is 3.78. The van der Waals surface area contributed by atoms with Crippen molar-refractivity contribution in [2.75, 3.05) is 6.61 Å². The Morgan fingerprint density at radius 1 is 1.28 bits per heavy atom. The Hall–Kier alpha value is -3.09. The van der Waals surface area contributed by atoms with E-state index >= 15 is 0 Å². The third kappa shape index (κ3) is 4.34. The molecule has 0 aliphatic heterocycles. The summed E-state index contributed by atoms with van der Waals surface area (Å²) in [6, 6.07) is 5.75. The lowest BCUT2D eigenvalue weighted by molar-refractivity contribution is 0.185. The van der Waals surface area contributed by atoms with Gasteiger partial charge in [-0.2, -0.15) is 0 Å². The fraction of sp³-hybridized carbons (Fsp3) is 0.409. The average molecular weight is 397 g/mol. The van der Waals surface area contributed by atoms with Crippen molar-refractivity contribution in [3.8, 4) is 5.75 Å². The highest BCUT2D eigenvalue weighted by atomic mass is 16.5. The molecule has 2 atom stereocenters. The quantitative estimate of drug-likeness (QED) is 0.593. The molecule has 154 valence electrons. The van der Waals surface area contributed by atoms with Crippen LogP contribution in [0, 0.1) is 5.92 Å². The summed E-state index contributed by atoms with van der Waals surface area (Å²) >= 11 is 0. The Morgan fingerprint density at radius 2 is 2.03 bits per heavy atom. The maximum absolute atomic E-state index is 12.7. The van der Waals surface area contributed by atoms with Crippen molar-refractivity contribution < 1.29 is 14.6 Å². The first-order valence-electron chi connectivity index (χ1n) is 9.83. The molecule has 0 saturated heterocycles. The second-order valence-corrected chi connectivity index (χ2v) is 7.62. The molecule has 2 heterocycles. The summed E-state index contributed by atoms with van der Waals surface area (Å²) in [4.78, 5) is 27.6. The Bertz CT molecular complexity index is 1110. The van der Waals surface area contributed by atoms with E-state index in [-0.39, 0.29) is 17.5 Å². The van der Waals surface area contributed by atoms with E-state index in [9.17, 15) is 9.59 Å². The highest BCUT2D eigenvalue weighted by Crippen LogP contribution is 2.30. The maximum Gasteiger partial charge on any atom is 0.404 e. The largest absolute Gasteiger partial charge is 0.493 e. The van der Waals surface area contributed by atoms with Crippen molar-refractivity contribution in [2.24, 2.45) is 13.0 Å². The van der Waals surface area contributed by atoms with Gasteiger partial charge < -0.3 is 19.7 Å². The number of hydrogen-bond donors (Lipinski definition) is 2. The van der Waals surface area contributed by atoms with Gasteiger partial charge in [0.15, 0.2) is 0 Å². The zero-order chi connectivity index (χ0) is 21.1. The third-order valence-corrected chi connectivity index (χ3v) is 5.22. The van der Waals surface area contributed by atoms with E-state index in [0.29, 0.717) is 18.4 Å². The SMILES string of the molecule is CCc1cc2c3ccncc3c(=O)n(C)c2cc1OCC(C)CC(C)NC(=O)O. The van der Waals surface area contributed by atoms with Crippen molar-refractivity contribution in [1.29, 1.82) is 0 Å². The molecule has 2 N–H and O–H groups in total. The van der Waals surface area contributed by atoms with E-state index in [0.717, 1.165) is 34.0 Å². The number of aryl methyl sites for hydroxylation is 2. The lowest BCUT2D eigenvalue weighted by Gasteiger charge is -2.20. The van der Waals surface area contributed by atoms with Crippen LogP contribution in [0.1, 0.15) is 32.8 Å². The van der Waals surface area contributed by atoms with Crippen LogP contribution in [-0.4, -0.2) is 33.4 Å². The first-order chi connectivity index (χ1) is 13.8. The molecular weight excluding hydrogens is 370 g/mol. The predicted octanol–water partition coefficient (Wildman–Crippen LogP) is 3.71. The number of rotatable bonds is 7. The van der Waals surface area contributed by atoms with Gasteiger partial charge in [0, 0.05) is 36.9 Å². The molecule has 0 bridgehead atoms. The smallest absolute Gasteiger partial charge is 0.404 e. The molecule has 0 saturated carbocycles. The summed E-state index contributed by atoms with van der Waals surface area (Å²) in [6.07, 6.45) is 3.77. The molecule has 29 heavy (non-hydrogen) atoms. The molecular formula is C22H27N3O4. The van der Waals surface area contributed by atoms with E-state index in [4.69, 9.17) is 9.84 Å². The van der Waals surface area contributed by atoms with Gasteiger partial charge in [-0.15, -0.1) is 0 Å². The summed E-state index contributed by atoms with van der Waals surface area (Å²) in [6.45, 7) is 6.41. The minimum Gasteiger partial charge on any atom is -0.493 e. The summed E-state index contributed by atoms with van der Waals surface area (Å²) < 4.78 is 7.74. The minimum atomic E-state index is -1.02. The molecule has 3 aromatic rings. The average Bonchev–Trinajstić information content (AvgIpc) is 2.69. The van der Waals surface area contributed by atoms with E-state index in [1.54, 1.807) is 24.0 Å². The lowest BCUT2D eigenvalue weighted by atomic mass is 10.0. The lowest BCUT2D eigenvalue weighted by Crippen LogP contribution is -2.33. The molecule has 0 radical (unpaired) electrons. The topological polar surface area (TPSA) is 93.5 Å². The molecule has 0 aliphatic rings. The highest BCUT2D eigenvalue weighted by molar-refractivity contribution is 6.05. The molecule has 1 amide bonds. The summed E-state index contributed by atoms with van der Waals surface area (Å²) in [5.41, 5.74) is 1.80. The van der Waals surface area contributed by atoms with Gasteiger partial charge in [0.05, 0.1) is 17.5 Å². The zero-order valence-corrected chi connectivity index (χ0v) is 17.2. The number of carboxylic acid groups (broad SMARTS) is 1. The van der Waals surface area contributed by atoms with Gasteiger partial charge in [-0.3, -0.25) is 9.78 Å². The van der Waals surface area contributed by atoms with Gasteiger partial charge in [0.2, 0.25) is 0 Å². The number of hydrogen-bond acceptors (Lipinski definition) is 4. The molecule has 2 aromatic heterocycles. The van der Waals surface area contributed by atoms with Crippen LogP contribution in [0.3, 0.4) is 0 Å². The van der Waals surface area contributed by atoms with Crippen LogP contribution in [-0.2, 0) is 13.5 Å². The van der Waals surface area contributed by atoms with Crippen molar-refractivity contribution in [2.45, 2.75) is 39.7 Å². The van der Waals surface area contributed by atoms with E-state index in [2.05, 4.69) is 23.3 Å². The predicted molar refractivity (Wildman–Crippen MR) is 114 cm³/mol. The highest BCUT2D eigenvalue weighted by Gasteiger charge is 2.15. The van der Waals surface area contributed by atoms with Crippen LogP contribution in [0.2, 0.25) is 0 Å². The number of benzene rings is 1. The number of nitrogens with zero attached hydrogens (tertiary/aromatic N) is 2. The molecule has 2 unspecified atom stereocenters. The molecule has 0 fully saturated rings. The van der Waals surface area contributed by atoms with Crippen molar-refractivity contribution >= 4 is 27.8 Å². The van der Waals surface area contributed by atoms with Crippen LogP contribution < -0.4 is 15.6 Å². The minimum absolute atomic E-state index is 0.0854. The molecule has 0 aliphatic carbocycles. The Kier molecular flexibility index (Phi) is 6.06. The number of nitrogens with one attached hydrogen (secondary N) is 1. The molecule has 1 aromatic carbocycles. The normalized spacial score (nSPS) is 13.4. The number of fused-ring (bicyclic) bond motifs is 3. The Morgan fingerprint density at radius 3 is 2.72 bits per heavy atom. The van der Waals surface area contributed by atoms with E-state index in [1.165, 1.54) is 0 Å². The van der Waals surface area contributed by atoms with Gasteiger partial charge in [-0.1, -0.05) is 13.8 Å². The standard InChI is InChI=1S/C22H27N3O4/c1-5-15-9-17-16-6-7-23-11-18(16)21(26)25(4)19(17)10-20(15)29-12-13(2)8-14(3)24-22(27)28/h6-7,9-11,13-14,24H,5,8,12H2,1-4H3,(H,27,28). The first-order valence-corrected chi connectivity index (χ1v) is 9.83. The second-order valence-electron chi connectivity index (χ2n) is 7.62. The van der Waals surface area contributed by atoms with Crippen LogP contribution in [0.25, 0.3) is 21.7 Å². The van der Waals surface area contributed by atoms with Crippen LogP contribution in [0.15, 0.2) is 35.4 Å². The van der Waals surface area contributed by atoms with E-state index < -0.39 is 6.09 Å². The third-order valence-electron chi connectivity index (χ3n) is 5.22. The summed E-state index contributed by atoms with van der Waals surface area (Å²) in [5.74, 6) is 0.929. The van der Waals surface area contributed by atoms with Gasteiger partial charge in [0.1, 0.15) is 5.75 Å². The zero-order valence-electron chi connectivity index (χ0n) is 17.2. The number of carbonyl (C=O) groups is 1. The van der Waals surface area contributed by atoms with Crippen molar-refractivity contribution in [3.05, 3.63) is 46.5 Å². The first kappa shape index (κ1) is 20.6. The number of pyridine rings is 2. The van der Waals surface area contributed by atoms with Crippen LogP contribution >= 0.6 is 0 Å². The number of amides is 1. The molecule has 0 spiro atoms. The van der Waals surface area contributed by atoms with Gasteiger partial charge in [-0.25, -0.2) is 4.79 Å². The Balaban J connectivity index is 1.93. The molecule has 3 rings (SSSR count). The summed E-state index contributed by atoms with van der Waals surface area (Å²) in [7, 11) is 1.76. The van der Waals surface area contributed by atoms with Gasteiger partial charge >= 0.3 is 6.09 Å². The number of aromatic nitrogens is 2. The van der Waals surface area contributed by atoms with Crippen LogP contribution in [0.5, 0.6) is 5.75 Å². The van der Waals surface area contributed by atoms with Crippen LogP contribution in [0.4, 0.5) is 4.79 Å². The second kappa shape index (κ2) is 8.51. The summed E-state index contributed by atoms with van der Waals surface area (Å²) in [5, 5.41) is 13.8. The van der Waals surface area contributed by atoms with Crippen molar-refractivity contribution in [3.63, 3.8) is 0 Å². The maximum atomic E-state index is 12.7. The fourth-order valence-corrected chi connectivity index (χ4v) is 3.78. The monoisotopic (exact) mass is 397 g/mol. The van der Waals surface area contributed by atoms with Gasteiger partial charge in [-0.05, 0) is 48.8 Å². The van der Waals surface area contributed by atoms with Gasteiger partial charge in [0.25, 0.3) is 5.56 Å². The Labute approximate surface area is 169 Å². The molecule has 7 nitrogen and oxygen atoms in total. The molecule has 7 heteroatoms. The van der Waals surface area contributed by atoms with Crippen molar-refractivity contribution in [1.82, 2.24) is 14.9 Å². The van der Waals surface area contributed by atoms with E-state index in [1.807, 2.05) is 26.0 Å².